The van der Waals surface area contributed by atoms with Crippen molar-refractivity contribution in [2.24, 2.45) is 10.7 Å². The lowest BCUT2D eigenvalue weighted by molar-refractivity contribution is 0.399. The van der Waals surface area contributed by atoms with Gasteiger partial charge in [-0.15, -0.1) is 24.0 Å². The Bertz CT molecular complexity index is 690. The summed E-state index contributed by atoms with van der Waals surface area (Å²) < 4.78 is 10.6. The lowest BCUT2D eigenvalue weighted by Gasteiger charge is -2.10. The van der Waals surface area contributed by atoms with Gasteiger partial charge in [0.05, 0.1) is 14.2 Å². The molecule has 0 bridgehead atoms. The second-order valence-corrected chi connectivity index (χ2v) is 5.19. The number of ether oxygens (including phenoxy) is 2. The third-order valence-corrected chi connectivity index (χ3v) is 3.44. The number of nitrogens with zero attached hydrogens (tertiary/aromatic N) is 1. The van der Waals surface area contributed by atoms with Crippen molar-refractivity contribution >= 4 is 35.6 Å². The Hall–Kier alpha value is -1.96. The van der Waals surface area contributed by atoms with Crippen LogP contribution in [0, 0.1) is 6.92 Å². The Balaban J connectivity index is 0.00000288. The molecule has 0 aliphatic carbocycles. The fourth-order valence-electron chi connectivity index (χ4n) is 2.28. The molecule has 2 aromatic carbocycles. The minimum absolute atomic E-state index is 0. The van der Waals surface area contributed by atoms with Crippen molar-refractivity contribution in [3.8, 4) is 11.5 Å². The third kappa shape index (κ3) is 5.92. The lowest BCUT2D eigenvalue weighted by atomic mass is 10.1. The number of guanidine groups is 1. The summed E-state index contributed by atoms with van der Waals surface area (Å²) in [6.45, 7) is 2.60. The quantitative estimate of drug-likeness (QED) is 0.409. The van der Waals surface area contributed by atoms with Crippen molar-refractivity contribution in [3.05, 3.63) is 53.6 Å². The molecule has 0 fully saturated rings. The van der Waals surface area contributed by atoms with Crippen LogP contribution in [0.25, 0.3) is 0 Å². The summed E-state index contributed by atoms with van der Waals surface area (Å²) in [6, 6.07) is 13.7. The first-order valence-corrected chi connectivity index (χ1v) is 7.47. The third-order valence-electron chi connectivity index (χ3n) is 3.44. The number of nitrogens with two attached hydrogens (primary N) is 1. The summed E-state index contributed by atoms with van der Waals surface area (Å²) in [6.07, 6.45) is 0.719. The van der Waals surface area contributed by atoms with E-state index in [4.69, 9.17) is 15.2 Å². The van der Waals surface area contributed by atoms with Crippen molar-refractivity contribution in [3.63, 3.8) is 0 Å². The van der Waals surface area contributed by atoms with Gasteiger partial charge in [0, 0.05) is 12.2 Å². The maximum Gasteiger partial charge on any atom is 0.193 e. The number of nitrogens with one attached hydrogen (secondary N) is 1. The molecule has 2 rings (SSSR count). The summed E-state index contributed by atoms with van der Waals surface area (Å²) >= 11 is 0. The maximum absolute atomic E-state index is 5.93. The number of rotatable bonds is 6. The highest BCUT2D eigenvalue weighted by Gasteiger charge is 2.05. The molecule has 0 aliphatic heterocycles. The van der Waals surface area contributed by atoms with Gasteiger partial charge in [0.15, 0.2) is 5.96 Å². The Morgan fingerprint density at radius 1 is 1.12 bits per heavy atom. The van der Waals surface area contributed by atoms with Gasteiger partial charge in [-0.05, 0) is 54.8 Å². The van der Waals surface area contributed by atoms with Crippen LogP contribution in [0.2, 0.25) is 0 Å². The first-order chi connectivity index (χ1) is 11.1. The molecule has 24 heavy (non-hydrogen) atoms. The van der Waals surface area contributed by atoms with Crippen LogP contribution in [-0.4, -0.2) is 26.7 Å². The molecule has 0 saturated carbocycles. The van der Waals surface area contributed by atoms with Gasteiger partial charge in [-0.25, -0.2) is 0 Å². The molecule has 2 aromatic rings. The molecule has 0 radical (unpaired) electrons. The van der Waals surface area contributed by atoms with Crippen LogP contribution >= 0.6 is 24.0 Å². The van der Waals surface area contributed by atoms with E-state index >= 15 is 0 Å². The van der Waals surface area contributed by atoms with Crippen LogP contribution in [0.1, 0.15) is 11.1 Å². The highest BCUT2D eigenvalue weighted by atomic mass is 127. The van der Waals surface area contributed by atoms with Crippen LogP contribution in [0.4, 0.5) is 5.69 Å². The first kappa shape index (κ1) is 20.1. The number of aryl methyl sites for hydroxylation is 1. The number of hydrogen-bond donors (Lipinski definition) is 2. The molecule has 3 N–H and O–H groups in total. The molecule has 0 aromatic heterocycles. The zero-order valence-corrected chi connectivity index (χ0v) is 16.5. The highest BCUT2D eigenvalue weighted by Crippen LogP contribution is 2.24. The van der Waals surface area contributed by atoms with Gasteiger partial charge in [-0.2, -0.15) is 0 Å². The molecule has 6 heteroatoms. The molecular formula is C18H24IN3O2. The van der Waals surface area contributed by atoms with Gasteiger partial charge in [-0.3, -0.25) is 4.99 Å². The molecule has 0 aliphatic rings. The van der Waals surface area contributed by atoms with E-state index in [0.717, 1.165) is 29.2 Å². The first-order valence-electron chi connectivity index (χ1n) is 7.47. The Morgan fingerprint density at radius 2 is 1.92 bits per heavy atom. The van der Waals surface area contributed by atoms with Crippen molar-refractivity contribution in [2.45, 2.75) is 13.3 Å². The summed E-state index contributed by atoms with van der Waals surface area (Å²) in [5.41, 5.74) is 9.08. The Labute approximate surface area is 160 Å². The molecule has 0 saturated heterocycles. The summed E-state index contributed by atoms with van der Waals surface area (Å²) in [5.74, 6) is 2.03. The molecule has 0 spiro atoms. The average molecular weight is 441 g/mol. The van der Waals surface area contributed by atoms with Crippen LogP contribution in [0.15, 0.2) is 47.5 Å². The van der Waals surface area contributed by atoms with E-state index in [0.29, 0.717) is 12.5 Å². The predicted octanol–water partition coefficient (Wildman–Crippen LogP) is 3.60. The van der Waals surface area contributed by atoms with Gasteiger partial charge in [0.2, 0.25) is 0 Å². The lowest BCUT2D eigenvalue weighted by Crippen LogP contribution is -2.23. The molecule has 0 heterocycles. The zero-order chi connectivity index (χ0) is 16.7. The van der Waals surface area contributed by atoms with Crippen molar-refractivity contribution in [2.75, 3.05) is 26.1 Å². The number of methoxy groups -OCH3 is 2. The summed E-state index contributed by atoms with van der Waals surface area (Å²) in [7, 11) is 3.30. The topological polar surface area (TPSA) is 68.9 Å². The average Bonchev–Trinajstić information content (AvgIpc) is 2.54. The predicted molar refractivity (Wildman–Crippen MR) is 110 cm³/mol. The number of benzene rings is 2. The molecule has 5 nitrogen and oxygen atoms in total. The number of aliphatic imine (C=N–C) groups is 1. The van der Waals surface area contributed by atoms with Crippen LogP contribution < -0.4 is 20.5 Å². The fourth-order valence-corrected chi connectivity index (χ4v) is 2.28. The second kappa shape index (κ2) is 10.0. The smallest absolute Gasteiger partial charge is 0.193 e. The number of hydrogen-bond acceptors (Lipinski definition) is 3. The molecular weight excluding hydrogens is 417 g/mol. The standard InChI is InChI=1S/C18H23N3O2.HI/c1-13-5-4-6-15(11-13)21-18(19)20-10-9-14-12-16(22-2)7-8-17(14)23-3;/h4-8,11-12H,9-10H2,1-3H3,(H3,19,20,21);1H. The largest absolute Gasteiger partial charge is 0.497 e. The van der Waals surface area contributed by atoms with Gasteiger partial charge < -0.3 is 20.5 Å². The van der Waals surface area contributed by atoms with E-state index in [-0.39, 0.29) is 24.0 Å². The minimum atomic E-state index is 0. The summed E-state index contributed by atoms with van der Waals surface area (Å²) in [5, 5.41) is 3.09. The highest BCUT2D eigenvalue weighted by molar-refractivity contribution is 14.0. The molecule has 0 amide bonds. The van der Waals surface area contributed by atoms with E-state index in [1.165, 1.54) is 5.56 Å². The maximum atomic E-state index is 5.93. The number of anilines is 1. The Kier molecular flexibility index (Phi) is 8.39. The SMILES string of the molecule is COc1ccc(OC)c(CCN=C(N)Nc2cccc(C)c2)c1.I. The molecule has 0 atom stereocenters. The van der Waals surface area contributed by atoms with E-state index < -0.39 is 0 Å². The van der Waals surface area contributed by atoms with E-state index in [2.05, 4.69) is 10.3 Å². The van der Waals surface area contributed by atoms with E-state index in [1.54, 1.807) is 14.2 Å². The molecule has 0 unspecified atom stereocenters. The number of halogens is 1. The van der Waals surface area contributed by atoms with Gasteiger partial charge in [0.25, 0.3) is 0 Å². The zero-order valence-electron chi connectivity index (χ0n) is 14.2. The Morgan fingerprint density at radius 3 is 2.58 bits per heavy atom. The van der Waals surface area contributed by atoms with Crippen LogP contribution in [0.3, 0.4) is 0 Å². The van der Waals surface area contributed by atoms with Gasteiger partial charge >= 0.3 is 0 Å². The second-order valence-electron chi connectivity index (χ2n) is 5.19. The normalized spacial score (nSPS) is 10.7. The van der Waals surface area contributed by atoms with Crippen molar-refractivity contribution in [1.82, 2.24) is 0 Å². The van der Waals surface area contributed by atoms with Crippen LogP contribution in [-0.2, 0) is 6.42 Å². The van der Waals surface area contributed by atoms with Crippen LogP contribution in [0.5, 0.6) is 11.5 Å². The molecule has 130 valence electrons. The fraction of sp³-hybridized carbons (Fsp3) is 0.278. The summed E-state index contributed by atoms with van der Waals surface area (Å²) in [4.78, 5) is 4.36. The van der Waals surface area contributed by atoms with Gasteiger partial charge in [0.1, 0.15) is 11.5 Å². The van der Waals surface area contributed by atoms with E-state index in [1.807, 2.05) is 49.4 Å². The van der Waals surface area contributed by atoms with Crippen molar-refractivity contribution in [1.29, 1.82) is 0 Å². The van der Waals surface area contributed by atoms with Gasteiger partial charge in [-0.1, -0.05) is 12.1 Å². The van der Waals surface area contributed by atoms with Crippen molar-refractivity contribution < 1.29 is 9.47 Å². The minimum Gasteiger partial charge on any atom is -0.497 e. The monoisotopic (exact) mass is 441 g/mol. The van der Waals surface area contributed by atoms with E-state index in [9.17, 15) is 0 Å².